The predicted octanol–water partition coefficient (Wildman–Crippen LogP) is 3.12. The maximum atomic E-state index is 13.4. The summed E-state index contributed by atoms with van der Waals surface area (Å²) in [6.07, 6.45) is 2.49. The molecule has 3 nitrogen and oxygen atoms in total. The van der Waals surface area contributed by atoms with Crippen LogP contribution >= 0.6 is 0 Å². The van der Waals surface area contributed by atoms with Crippen LogP contribution in [0.4, 0.5) is 4.39 Å². The van der Waals surface area contributed by atoms with Crippen molar-refractivity contribution in [2.75, 3.05) is 0 Å². The minimum atomic E-state index is -0.262. The predicted molar refractivity (Wildman–Crippen MR) is 68.2 cm³/mol. The molecular weight excluding hydrogens is 229 g/mol. The Morgan fingerprint density at radius 3 is 2.83 bits per heavy atom. The molecular formula is C14H12FN3. The van der Waals surface area contributed by atoms with Gasteiger partial charge in [-0.05, 0) is 24.3 Å². The van der Waals surface area contributed by atoms with Crippen molar-refractivity contribution in [2.24, 2.45) is 0 Å². The van der Waals surface area contributed by atoms with Crippen molar-refractivity contribution in [3.63, 3.8) is 0 Å². The number of pyridine rings is 1. The van der Waals surface area contributed by atoms with E-state index in [4.69, 9.17) is 0 Å². The summed E-state index contributed by atoms with van der Waals surface area (Å²) in [6.45, 7) is 2.02. The summed E-state index contributed by atoms with van der Waals surface area (Å²) in [5.41, 5.74) is 1.55. The first-order chi connectivity index (χ1) is 8.79. The van der Waals surface area contributed by atoms with Gasteiger partial charge in [0.05, 0.1) is 11.0 Å². The molecule has 0 N–H and O–H groups in total. The van der Waals surface area contributed by atoms with Gasteiger partial charge in [0, 0.05) is 18.7 Å². The molecule has 2 aromatic heterocycles. The van der Waals surface area contributed by atoms with Gasteiger partial charge in [0.15, 0.2) is 0 Å². The lowest BCUT2D eigenvalue weighted by Gasteiger charge is -2.06. The van der Waals surface area contributed by atoms with Crippen molar-refractivity contribution in [3.8, 4) is 5.82 Å². The number of hydrogen-bond donors (Lipinski definition) is 0. The number of aryl methyl sites for hydroxylation is 1. The normalized spacial score (nSPS) is 11.0. The Morgan fingerprint density at radius 2 is 2.11 bits per heavy atom. The molecule has 18 heavy (non-hydrogen) atoms. The van der Waals surface area contributed by atoms with Gasteiger partial charge in [0.25, 0.3) is 0 Å². The Kier molecular flexibility index (Phi) is 2.55. The summed E-state index contributed by atoms with van der Waals surface area (Å²) in [4.78, 5) is 8.82. The third-order valence-corrected chi connectivity index (χ3v) is 2.88. The quantitative estimate of drug-likeness (QED) is 0.690. The lowest BCUT2D eigenvalue weighted by Crippen LogP contribution is -2.01. The van der Waals surface area contributed by atoms with Crippen LogP contribution in [0.3, 0.4) is 0 Å². The fraction of sp³-hybridized carbons (Fsp3) is 0.143. The molecule has 1 aromatic carbocycles. The number of halogens is 1. The van der Waals surface area contributed by atoms with Crippen molar-refractivity contribution in [1.82, 2.24) is 14.5 Å². The fourth-order valence-corrected chi connectivity index (χ4v) is 2.08. The SMILES string of the molecule is CCc1nc2ccc(F)cc2n1-c1ccccn1. The summed E-state index contributed by atoms with van der Waals surface area (Å²) in [6, 6.07) is 10.3. The highest BCUT2D eigenvalue weighted by molar-refractivity contribution is 5.78. The average Bonchev–Trinajstić information content (AvgIpc) is 2.77. The third-order valence-electron chi connectivity index (χ3n) is 2.88. The first-order valence-electron chi connectivity index (χ1n) is 5.88. The Morgan fingerprint density at radius 1 is 1.22 bits per heavy atom. The summed E-state index contributed by atoms with van der Waals surface area (Å²) in [7, 11) is 0. The number of nitrogens with zero attached hydrogens (tertiary/aromatic N) is 3. The molecule has 0 fully saturated rings. The molecule has 0 spiro atoms. The molecule has 0 aliphatic rings. The molecule has 3 aromatic rings. The molecule has 0 saturated carbocycles. The third kappa shape index (κ3) is 1.66. The average molecular weight is 241 g/mol. The maximum Gasteiger partial charge on any atom is 0.138 e. The van der Waals surface area contributed by atoms with E-state index in [1.54, 1.807) is 12.3 Å². The molecule has 2 heterocycles. The summed E-state index contributed by atoms with van der Waals surface area (Å²) >= 11 is 0. The second kappa shape index (κ2) is 4.22. The monoisotopic (exact) mass is 241 g/mol. The molecule has 0 aliphatic heterocycles. The van der Waals surface area contributed by atoms with Crippen LogP contribution in [0.15, 0.2) is 42.6 Å². The highest BCUT2D eigenvalue weighted by atomic mass is 19.1. The number of imidazole rings is 1. The lowest BCUT2D eigenvalue weighted by molar-refractivity contribution is 0.629. The van der Waals surface area contributed by atoms with Crippen LogP contribution < -0.4 is 0 Å². The minimum Gasteiger partial charge on any atom is -0.280 e. The van der Waals surface area contributed by atoms with Crippen LogP contribution in [0.2, 0.25) is 0 Å². The highest BCUT2D eigenvalue weighted by Gasteiger charge is 2.12. The van der Waals surface area contributed by atoms with Gasteiger partial charge < -0.3 is 0 Å². The minimum absolute atomic E-state index is 0.262. The second-order valence-corrected chi connectivity index (χ2v) is 4.04. The first kappa shape index (κ1) is 10.9. The van der Waals surface area contributed by atoms with Crippen LogP contribution in [0.1, 0.15) is 12.7 Å². The Hall–Kier alpha value is -2.23. The van der Waals surface area contributed by atoms with Gasteiger partial charge in [0.1, 0.15) is 17.5 Å². The van der Waals surface area contributed by atoms with Crippen molar-refractivity contribution in [1.29, 1.82) is 0 Å². The molecule has 0 aliphatic carbocycles. The lowest BCUT2D eigenvalue weighted by atomic mass is 10.3. The Labute approximate surface area is 104 Å². The van der Waals surface area contributed by atoms with Gasteiger partial charge in [-0.2, -0.15) is 0 Å². The molecule has 4 heteroatoms. The zero-order valence-electron chi connectivity index (χ0n) is 9.97. The summed E-state index contributed by atoms with van der Waals surface area (Å²) in [5, 5.41) is 0. The second-order valence-electron chi connectivity index (χ2n) is 4.04. The topological polar surface area (TPSA) is 30.7 Å². The van der Waals surface area contributed by atoms with Crippen molar-refractivity contribution in [3.05, 3.63) is 54.2 Å². The van der Waals surface area contributed by atoms with E-state index in [2.05, 4.69) is 9.97 Å². The highest BCUT2D eigenvalue weighted by Crippen LogP contribution is 2.21. The molecule has 0 unspecified atom stereocenters. The van der Waals surface area contributed by atoms with E-state index in [9.17, 15) is 4.39 Å². The van der Waals surface area contributed by atoms with E-state index in [-0.39, 0.29) is 5.82 Å². The first-order valence-corrected chi connectivity index (χ1v) is 5.88. The maximum absolute atomic E-state index is 13.4. The molecule has 0 saturated heterocycles. The number of benzene rings is 1. The largest absolute Gasteiger partial charge is 0.280 e. The standard InChI is InChI=1S/C14H12FN3/c1-2-13-17-11-7-6-10(15)9-12(11)18(13)14-5-3-4-8-16-14/h3-9H,2H2,1H3. The van der Waals surface area contributed by atoms with Gasteiger partial charge >= 0.3 is 0 Å². The smallest absolute Gasteiger partial charge is 0.138 e. The van der Waals surface area contributed by atoms with Crippen molar-refractivity contribution in [2.45, 2.75) is 13.3 Å². The van der Waals surface area contributed by atoms with E-state index in [0.29, 0.717) is 0 Å². The zero-order valence-corrected chi connectivity index (χ0v) is 9.97. The molecule has 3 rings (SSSR count). The summed E-state index contributed by atoms with van der Waals surface area (Å²) < 4.78 is 15.3. The van der Waals surface area contributed by atoms with E-state index in [0.717, 1.165) is 29.1 Å². The van der Waals surface area contributed by atoms with E-state index in [1.807, 2.05) is 29.7 Å². The van der Waals surface area contributed by atoms with Gasteiger partial charge in [0.2, 0.25) is 0 Å². The summed E-state index contributed by atoms with van der Waals surface area (Å²) in [5.74, 6) is 1.39. The van der Waals surface area contributed by atoms with Crippen LogP contribution in [0, 0.1) is 5.82 Å². The van der Waals surface area contributed by atoms with Gasteiger partial charge in [-0.15, -0.1) is 0 Å². The van der Waals surface area contributed by atoms with E-state index < -0.39 is 0 Å². The number of rotatable bonds is 2. The fourth-order valence-electron chi connectivity index (χ4n) is 2.08. The number of hydrogen-bond acceptors (Lipinski definition) is 2. The molecule has 0 amide bonds. The van der Waals surface area contributed by atoms with Crippen LogP contribution in [0.5, 0.6) is 0 Å². The van der Waals surface area contributed by atoms with Crippen LogP contribution in [-0.4, -0.2) is 14.5 Å². The van der Waals surface area contributed by atoms with E-state index >= 15 is 0 Å². The number of fused-ring (bicyclic) bond motifs is 1. The van der Waals surface area contributed by atoms with Crippen LogP contribution in [0.25, 0.3) is 16.9 Å². The number of aromatic nitrogens is 3. The molecule has 0 atom stereocenters. The molecule has 90 valence electrons. The van der Waals surface area contributed by atoms with Gasteiger partial charge in [-0.1, -0.05) is 13.0 Å². The molecule has 0 radical (unpaired) electrons. The van der Waals surface area contributed by atoms with Crippen molar-refractivity contribution < 1.29 is 4.39 Å². The Balaban J connectivity index is 2.35. The van der Waals surface area contributed by atoms with Crippen LogP contribution in [-0.2, 0) is 6.42 Å². The zero-order chi connectivity index (χ0) is 12.5. The van der Waals surface area contributed by atoms with Crippen molar-refractivity contribution >= 4 is 11.0 Å². The van der Waals surface area contributed by atoms with Gasteiger partial charge in [-0.25, -0.2) is 14.4 Å². The van der Waals surface area contributed by atoms with Gasteiger partial charge in [-0.3, -0.25) is 4.57 Å². The Bertz CT molecular complexity index is 689. The molecule has 0 bridgehead atoms. The van der Waals surface area contributed by atoms with E-state index in [1.165, 1.54) is 12.1 Å².